The lowest BCUT2D eigenvalue weighted by molar-refractivity contribution is 0.149. The highest BCUT2D eigenvalue weighted by Crippen LogP contribution is 2.21. The van der Waals surface area contributed by atoms with Gasteiger partial charge in [0.25, 0.3) is 0 Å². The summed E-state index contributed by atoms with van der Waals surface area (Å²) in [5.41, 5.74) is 3.75. The Kier molecular flexibility index (Phi) is 7.39. The molecule has 0 bridgehead atoms. The van der Waals surface area contributed by atoms with Gasteiger partial charge in [0.1, 0.15) is 11.6 Å². The minimum absolute atomic E-state index is 0.473. The first-order chi connectivity index (χ1) is 15.6. The van der Waals surface area contributed by atoms with Crippen LogP contribution in [0.2, 0.25) is 0 Å². The van der Waals surface area contributed by atoms with E-state index in [1.807, 2.05) is 6.07 Å². The van der Waals surface area contributed by atoms with Gasteiger partial charge in [0.05, 0.1) is 5.69 Å². The molecule has 4 rings (SSSR count). The molecular formula is C25H29F2N5. The Labute approximate surface area is 187 Å². The van der Waals surface area contributed by atoms with E-state index < -0.39 is 11.6 Å². The highest BCUT2D eigenvalue weighted by Gasteiger charge is 2.20. The molecule has 0 radical (unpaired) electrons. The molecule has 2 aromatic carbocycles. The zero-order chi connectivity index (χ0) is 22.3. The van der Waals surface area contributed by atoms with Gasteiger partial charge < -0.3 is 10.6 Å². The van der Waals surface area contributed by atoms with E-state index in [4.69, 9.17) is 0 Å². The largest absolute Gasteiger partial charge is 0.354 e. The lowest BCUT2D eigenvalue weighted by atomic mass is 10.1. The third-order valence-electron chi connectivity index (χ3n) is 5.83. The fourth-order valence-corrected chi connectivity index (χ4v) is 4.16. The van der Waals surface area contributed by atoms with Crippen molar-refractivity contribution in [1.29, 1.82) is 0 Å². The van der Waals surface area contributed by atoms with Crippen LogP contribution in [0.5, 0.6) is 0 Å². The summed E-state index contributed by atoms with van der Waals surface area (Å²) in [7, 11) is 0. The molecule has 1 atom stereocenters. The van der Waals surface area contributed by atoms with Crippen LogP contribution in [-0.4, -0.2) is 47.1 Å². The summed E-state index contributed by atoms with van der Waals surface area (Å²) < 4.78 is 26.7. The third-order valence-corrected chi connectivity index (χ3v) is 5.83. The van der Waals surface area contributed by atoms with E-state index >= 15 is 0 Å². The smallest absolute Gasteiger partial charge is 0.223 e. The average molecular weight is 438 g/mol. The lowest BCUT2D eigenvalue weighted by Gasteiger charge is -2.35. The number of anilines is 1. The van der Waals surface area contributed by atoms with Crippen molar-refractivity contribution in [2.75, 3.05) is 31.5 Å². The van der Waals surface area contributed by atoms with Crippen molar-refractivity contribution in [1.82, 2.24) is 20.2 Å². The molecule has 1 aromatic heterocycles. The predicted octanol–water partition coefficient (Wildman–Crippen LogP) is 4.26. The second-order valence-electron chi connectivity index (χ2n) is 8.16. The van der Waals surface area contributed by atoms with Crippen molar-refractivity contribution >= 4 is 5.95 Å². The van der Waals surface area contributed by atoms with Crippen molar-refractivity contribution in [2.24, 2.45) is 0 Å². The molecule has 1 fully saturated rings. The predicted molar refractivity (Wildman–Crippen MR) is 123 cm³/mol. The highest BCUT2D eigenvalue weighted by atomic mass is 19.1. The molecule has 0 aliphatic carbocycles. The van der Waals surface area contributed by atoms with E-state index in [0.29, 0.717) is 30.5 Å². The average Bonchev–Trinajstić information content (AvgIpc) is 2.79. The Morgan fingerprint density at radius 2 is 1.94 bits per heavy atom. The fraction of sp³-hybridized carbons (Fsp3) is 0.360. The number of hydrogen-bond donors (Lipinski definition) is 2. The Balaban J connectivity index is 1.41. The van der Waals surface area contributed by atoms with Crippen LogP contribution < -0.4 is 10.6 Å². The summed E-state index contributed by atoms with van der Waals surface area (Å²) >= 11 is 0. The highest BCUT2D eigenvalue weighted by molar-refractivity contribution is 5.61. The summed E-state index contributed by atoms with van der Waals surface area (Å²) in [6.45, 7) is 6.77. The van der Waals surface area contributed by atoms with Crippen LogP contribution in [0.25, 0.3) is 11.3 Å². The Bertz CT molecular complexity index is 1020. The lowest BCUT2D eigenvalue weighted by Crippen LogP contribution is -2.50. The Hall–Kier alpha value is -2.90. The molecule has 1 aliphatic rings. The molecule has 32 heavy (non-hydrogen) atoms. The number of rotatable bonds is 8. The van der Waals surface area contributed by atoms with Crippen molar-refractivity contribution in [3.63, 3.8) is 0 Å². The number of nitrogens with one attached hydrogen (secondary N) is 2. The van der Waals surface area contributed by atoms with Crippen LogP contribution in [0, 0.1) is 11.6 Å². The first kappa shape index (κ1) is 22.3. The third kappa shape index (κ3) is 5.87. The van der Waals surface area contributed by atoms with Gasteiger partial charge in [-0.2, -0.15) is 0 Å². The van der Waals surface area contributed by atoms with Crippen molar-refractivity contribution in [3.8, 4) is 11.3 Å². The van der Waals surface area contributed by atoms with Crippen LogP contribution in [0.4, 0.5) is 14.7 Å². The number of piperazine rings is 1. The van der Waals surface area contributed by atoms with Gasteiger partial charge in [-0.3, -0.25) is 4.90 Å². The number of hydrogen-bond acceptors (Lipinski definition) is 5. The zero-order valence-corrected chi connectivity index (χ0v) is 18.3. The maximum absolute atomic E-state index is 13.3. The van der Waals surface area contributed by atoms with Crippen molar-refractivity contribution in [3.05, 3.63) is 77.5 Å². The second-order valence-corrected chi connectivity index (χ2v) is 8.16. The molecule has 0 unspecified atom stereocenters. The van der Waals surface area contributed by atoms with Gasteiger partial charge in [-0.05, 0) is 48.2 Å². The molecular weight excluding hydrogens is 408 g/mol. The summed E-state index contributed by atoms with van der Waals surface area (Å²) in [5, 5.41) is 6.63. The first-order valence-corrected chi connectivity index (χ1v) is 11.2. The Morgan fingerprint density at radius 3 is 2.75 bits per heavy atom. The zero-order valence-electron chi connectivity index (χ0n) is 18.3. The molecule has 1 saturated heterocycles. The molecule has 5 nitrogen and oxygen atoms in total. The van der Waals surface area contributed by atoms with Gasteiger partial charge in [0.2, 0.25) is 5.95 Å². The van der Waals surface area contributed by atoms with Gasteiger partial charge in [-0.1, -0.05) is 25.1 Å². The summed E-state index contributed by atoms with van der Waals surface area (Å²) in [6, 6.07) is 14.5. The van der Waals surface area contributed by atoms with Gasteiger partial charge in [0, 0.05) is 56.6 Å². The second kappa shape index (κ2) is 10.6. The molecule has 0 amide bonds. The SMILES string of the molecule is CC[C@@H]1CNCCN1Cc1cccc(-c2ccnc(NCCc3cc(F)cc(F)c3)n2)c1. The summed E-state index contributed by atoms with van der Waals surface area (Å²) in [4.78, 5) is 11.5. The molecule has 2 heterocycles. The van der Waals surface area contributed by atoms with Crippen LogP contribution in [0.3, 0.4) is 0 Å². The number of halogens is 2. The number of nitrogens with zero attached hydrogens (tertiary/aromatic N) is 3. The molecule has 2 N–H and O–H groups in total. The molecule has 7 heteroatoms. The standard InChI is InChI=1S/C25H29F2N5/c1-2-23-16-28-10-11-32(23)17-19-4-3-5-20(12-19)24-7-9-30-25(31-24)29-8-6-18-13-21(26)15-22(27)14-18/h3-5,7,9,12-15,23,28H,2,6,8,10-11,16-17H2,1H3,(H,29,30,31)/t23-/m1/s1. The molecule has 0 spiro atoms. The van der Waals surface area contributed by atoms with Gasteiger partial charge in [-0.25, -0.2) is 18.7 Å². The molecule has 168 valence electrons. The van der Waals surface area contributed by atoms with E-state index in [-0.39, 0.29) is 0 Å². The van der Waals surface area contributed by atoms with Crippen molar-refractivity contribution in [2.45, 2.75) is 32.4 Å². The monoisotopic (exact) mass is 437 g/mol. The van der Waals surface area contributed by atoms with Gasteiger partial charge in [0.15, 0.2) is 0 Å². The molecule has 0 saturated carbocycles. The van der Waals surface area contributed by atoms with Crippen LogP contribution in [0.15, 0.2) is 54.7 Å². The maximum Gasteiger partial charge on any atom is 0.223 e. The number of benzene rings is 2. The van der Waals surface area contributed by atoms with Crippen LogP contribution >= 0.6 is 0 Å². The van der Waals surface area contributed by atoms with E-state index in [1.165, 1.54) is 17.7 Å². The van der Waals surface area contributed by atoms with E-state index in [9.17, 15) is 8.78 Å². The molecule has 3 aromatic rings. The normalized spacial score (nSPS) is 16.8. The first-order valence-electron chi connectivity index (χ1n) is 11.2. The van der Waals surface area contributed by atoms with Crippen molar-refractivity contribution < 1.29 is 8.78 Å². The molecule has 1 aliphatic heterocycles. The Morgan fingerprint density at radius 1 is 1.09 bits per heavy atom. The maximum atomic E-state index is 13.3. The fourth-order valence-electron chi connectivity index (χ4n) is 4.16. The van der Waals surface area contributed by atoms with Crippen LogP contribution in [-0.2, 0) is 13.0 Å². The van der Waals surface area contributed by atoms with Gasteiger partial charge >= 0.3 is 0 Å². The summed E-state index contributed by atoms with van der Waals surface area (Å²) in [5.74, 6) is -0.633. The topological polar surface area (TPSA) is 53.1 Å². The van der Waals surface area contributed by atoms with E-state index in [2.05, 4.69) is 56.7 Å². The van der Waals surface area contributed by atoms with E-state index in [1.54, 1.807) is 6.20 Å². The minimum atomic E-state index is -0.566. The van der Waals surface area contributed by atoms with E-state index in [0.717, 1.165) is 49.9 Å². The summed E-state index contributed by atoms with van der Waals surface area (Å²) in [6.07, 6.45) is 3.33. The number of aromatic nitrogens is 2. The minimum Gasteiger partial charge on any atom is -0.354 e. The van der Waals surface area contributed by atoms with Crippen LogP contribution in [0.1, 0.15) is 24.5 Å². The van der Waals surface area contributed by atoms with Gasteiger partial charge in [-0.15, -0.1) is 0 Å². The quantitative estimate of drug-likeness (QED) is 0.552.